The van der Waals surface area contributed by atoms with Crippen LogP contribution < -0.4 is 5.32 Å². The van der Waals surface area contributed by atoms with Crippen LogP contribution in [0.5, 0.6) is 0 Å². The highest BCUT2D eigenvalue weighted by molar-refractivity contribution is 7.98. The summed E-state index contributed by atoms with van der Waals surface area (Å²) in [5.41, 5.74) is 2.36. The van der Waals surface area contributed by atoms with E-state index >= 15 is 0 Å². The Morgan fingerprint density at radius 2 is 2.15 bits per heavy atom. The Balaban J connectivity index is 2.06. The maximum atomic E-state index is 4.77. The molecule has 4 heteroatoms. The van der Waals surface area contributed by atoms with Crippen LogP contribution in [-0.2, 0) is 13.1 Å². The van der Waals surface area contributed by atoms with Crippen molar-refractivity contribution in [3.05, 3.63) is 30.1 Å². The molecule has 1 unspecified atom stereocenters. The minimum absolute atomic E-state index is 0.703. The van der Waals surface area contributed by atoms with E-state index in [1.54, 1.807) is 0 Å². The zero-order chi connectivity index (χ0) is 14.4. The average Bonchev–Trinajstić information content (AvgIpc) is 2.78. The summed E-state index contributed by atoms with van der Waals surface area (Å²) in [5.74, 6) is 3.07. The van der Waals surface area contributed by atoms with Gasteiger partial charge in [0, 0.05) is 6.54 Å². The van der Waals surface area contributed by atoms with Gasteiger partial charge in [-0.3, -0.25) is 0 Å². The fourth-order valence-corrected chi connectivity index (χ4v) is 3.19. The standard InChI is InChI=1S/C16H25N3S/c1-4-9-19-15-8-6-5-7-14(15)18-16(19)11-17-10-13(2)12-20-3/h5-8,13,17H,4,9-12H2,1-3H3. The number of rotatable bonds is 8. The summed E-state index contributed by atoms with van der Waals surface area (Å²) in [6.07, 6.45) is 3.30. The van der Waals surface area contributed by atoms with Crippen LogP contribution in [0, 0.1) is 5.92 Å². The molecule has 0 spiro atoms. The number of aryl methyl sites for hydroxylation is 1. The molecule has 0 amide bonds. The van der Waals surface area contributed by atoms with E-state index in [0.29, 0.717) is 5.92 Å². The van der Waals surface area contributed by atoms with E-state index in [9.17, 15) is 0 Å². The molecule has 1 heterocycles. The Morgan fingerprint density at radius 1 is 1.35 bits per heavy atom. The lowest BCUT2D eigenvalue weighted by atomic mass is 10.2. The Morgan fingerprint density at radius 3 is 2.90 bits per heavy atom. The maximum Gasteiger partial charge on any atom is 0.123 e. The third-order valence-corrected chi connectivity index (χ3v) is 4.31. The second-order valence-electron chi connectivity index (χ2n) is 5.36. The van der Waals surface area contributed by atoms with E-state index in [2.05, 4.69) is 54.3 Å². The van der Waals surface area contributed by atoms with Gasteiger partial charge in [-0.05, 0) is 43.0 Å². The van der Waals surface area contributed by atoms with Gasteiger partial charge in [0.05, 0.1) is 17.6 Å². The molecule has 0 aliphatic rings. The molecule has 3 nitrogen and oxygen atoms in total. The van der Waals surface area contributed by atoms with Crippen molar-refractivity contribution in [1.82, 2.24) is 14.9 Å². The molecule has 0 saturated heterocycles. The molecule has 1 aromatic heterocycles. The summed E-state index contributed by atoms with van der Waals surface area (Å²) < 4.78 is 2.35. The van der Waals surface area contributed by atoms with Gasteiger partial charge in [-0.25, -0.2) is 4.98 Å². The number of hydrogen-bond acceptors (Lipinski definition) is 3. The number of nitrogens with zero attached hydrogens (tertiary/aromatic N) is 2. The average molecular weight is 291 g/mol. The summed E-state index contributed by atoms with van der Waals surface area (Å²) in [5, 5.41) is 3.55. The number of fused-ring (bicyclic) bond motifs is 1. The SMILES string of the molecule is CCCn1c(CNCC(C)CSC)nc2ccccc21. The molecule has 0 bridgehead atoms. The molecule has 1 aromatic carbocycles. The summed E-state index contributed by atoms with van der Waals surface area (Å²) in [6.45, 7) is 7.45. The lowest BCUT2D eigenvalue weighted by molar-refractivity contribution is 0.533. The lowest BCUT2D eigenvalue weighted by Crippen LogP contribution is -2.23. The minimum atomic E-state index is 0.703. The third-order valence-electron chi connectivity index (χ3n) is 3.41. The summed E-state index contributed by atoms with van der Waals surface area (Å²) >= 11 is 1.91. The highest BCUT2D eigenvalue weighted by Gasteiger charge is 2.09. The minimum Gasteiger partial charge on any atom is -0.327 e. The van der Waals surface area contributed by atoms with Crippen molar-refractivity contribution in [1.29, 1.82) is 0 Å². The first kappa shape index (κ1) is 15.4. The largest absolute Gasteiger partial charge is 0.327 e. The molecule has 0 fully saturated rings. The first-order chi connectivity index (χ1) is 9.76. The Hall–Kier alpha value is -1.00. The molecule has 0 aliphatic carbocycles. The number of para-hydroxylation sites is 2. The molecule has 0 saturated carbocycles. The van der Waals surface area contributed by atoms with Gasteiger partial charge in [-0.2, -0.15) is 11.8 Å². The molecular weight excluding hydrogens is 266 g/mol. The van der Waals surface area contributed by atoms with Crippen LogP contribution in [0.3, 0.4) is 0 Å². The van der Waals surface area contributed by atoms with E-state index < -0.39 is 0 Å². The van der Waals surface area contributed by atoms with Gasteiger partial charge in [0.25, 0.3) is 0 Å². The zero-order valence-corrected chi connectivity index (χ0v) is 13.5. The van der Waals surface area contributed by atoms with Crippen LogP contribution >= 0.6 is 11.8 Å². The predicted molar refractivity (Wildman–Crippen MR) is 89.3 cm³/mol. The molecule has 0 radical (unpaired) electrons. The van der Waals surface area contributed by atoms with Gasteiger partial charge in [0.15, 0.2) is 0 Å². The van der Waals surface area contributed by atoms with Crippen molar-refractivity contribution >= 4 is 22.8 Å². The van der Waals surface area contributed by atoms with Crippen molar-refractivity contribution in [3.63, 3.8) is 0 Å². The number of nitrogens with one attached hydrogen (secondary N) is 1. The normalized spacial score (nSPS) is 12.9. The second-order valence-corrected chi connectivity index (χ2v) is 6.27. The Labute approximate surface area is 126 Å². The van der Waals surface area contributed by atoms with E-state index in [-0.39, 0.29) is 0 Å². The Bertz CT molecular complexity index is 536. The van der Waals surface area contributed by atoms with Crippen LogP contribution in [0.2, 0.25) is 0 Å². The van der Waals surface area contributed by atoms with Crippen LogP contribution in [0.25, 0.3) is 11.0 Å². The quantitative estimate of drug-likeness (QED) is 0.807. The molecule has 1 N–H and O–H groups in total. The van der Waals surface area contributed by atoms with E-state index in [1.807, 2.05) is 11.8 Å². The Kier molecular flexibility index (Phi) is 5.92. The zero-order valence-electron chi connectivity index (χ0n) is 12.7. The summed E-state index contributed by atoms with van der Waals surface area (Å²) in [7, 11) is 0. The van der Waals surface area contributed by atoms with Crippen molar-refractivity contribution < 1.29 is 0 Å². The number of aromatic nitrogens is 2. The number of hydrogen-bond donors (Lipinski definition) is 1. The van der Waals surface area contributed by atoms with E-state index in [4.69, 9.17) is 4.98 Å². The van der Waals surface area contributed by atoms with Gasteiger partial charge >= 0.3 is 0 Å². The van der Waals surface area contributed by atoms with Crippen LogP contribution in [0.1, 0.15) is 26.1 Å². The molecule has 2 aromatic rings. The van der Waals surface area contributed by atoms with Crippen molar-refractivity contribution in [2.45, 2.75) is 33.4 Å². The maximum absolute atomic E-state index is 4.77. The van der Waals surface area contributed by atoms with Crippen molar-refractivity contribution in [3.8, 4) is 0 Å². The number of benzene rings is 1. The first-order valence-electron chi connectivity index (χ1n) is 7.40. The molecule has 2 rings (SSSR count). The van der Waals surface area contributed by atoms with Gasteiger partial charge in [0.2, 0.25) is 0 Å². The van der Waals surface area contributed by atoms with Gasteiger partial charge in [-0.15, -0.1) is 0 Å². The monoisotopic (exact) mass is 291 g/mol. The predicted octanol–water partition coefficient (Wildman–Crippen LogP) is 3.54. The fraction of sp³-hybridized carbons (Fsp3) is 0.562. The van der Waals surface area contributed by atoms with E-state index in [0.717, 1.165) is 37.4 Å². The highest BCUT2D eigenvalue weighted by atomic mass is 32.2. The fourth-order valence-electron chi connectivity index (χ4n) is 2.51. The van der Waals surface area contributed by atoms with E-state index in [1.165, 1.54) is 11.3 Å². The molecule has 20 heavy (non-hydrogen) atoms. The van der Waals surface area contributed by atoms with Gasteiger partial charge in [-0.1, -0.05) is 26.0 Å². The number of imidazole rings is 1. The molecule has 1 atom stereocenters. The summed E-state index contributed by atoms with van der Waals surface area (Å²) in [4.78, 5) is 4.77. The smallest absolute Gasteiger partial charge is 0.123 e. The van der Waals surface area contributed by atoms with Gasteiger partial charge < -0.3 is 9.88 Å². The highest BCUT2D eigenvalue weighted by Crippen LogP contribution is 2.16. The third kappa shape index (κ3) is 3.76. The van der Waals surface area contributed by atoms with Crippen LogP contribution in [0.15, 0.2) is 24.3 Å². The van der Waals surface area contributed by atoms with Crippen LogP contribution in [-0.4, -0.2) is 28.1 Å². The summed E-state index contributed by atoms with van der Waals surface area (Å²) in [6, 6.07) is 8.41. The topological polar surface area (TPSA) is 29.9 Å². The number of thioether (sulfide) groups is 1. The van der Waals surface area contributed by atoms with Crippen LogP contribution in [0.4, 0.5) is 0 Å². The van der Waals surface area contributed by atoms with Crippen molar-refractivity contribution in [2.75, 3.05) is 18.6 Å². The molecule has 0 aliphatic heterocycles. The van der Waals surface area contributed by atoms with Crippen molar-refractivity contribution in [2.24, 2.45) is 5.92 Å². The molecule has 110 valence electrons. The first-order valence-corrected chi connectivity index (χ1v) is 8.79. The molecular formula is C16H25N3S. The van der Waals surface area contributed by atoms with Gasteiger partial charge in [0.1, 0.15) is 5.82 Å². The second kappa shape index (κ2) is 7.70. The lowest BCUT2D eigenvalue weighted by Gasteiger charge is -2.12.